The van der Waals surface area contributed by atoms with Crippen LogP contribution in [0.4, 0.5) is 0 Å². The number of benzene rings is 5. The Kier molecular flexibility index (Phi) is 12.6. The van der Waals surface area contributed by atoms with E-state index in [2.05, 4.69) is 0 Å². The Morgan fingerprint density at radius 1 is 0.435 bits per heavy atom. The molecule has 8 N–H and O–H groups in total. The Balaban J connectivity index is 1.32. The molecule has 7 rings (SSSR count). The van der Waals surface area contributed by atoms with Crippen LogP contribution in [0.5, 0.6) is 0 Å². The van der Waals surface area contributed by atoms with E-state index in [1.165, 1.54) is 0 Å². The van der Waals surface area contributed by atoms with Gasteiger partial charge < -0.3 is 22.9 Å². The molecule has 14 heteroatoms. The lowest BCUT2D eigenvalue weighted by Gasteiger charge is -2.31. The van der Waals surface area contributed by atoms with Gasteiger partial charge in [-0.2, -0.15) is 0 Å². The molecule has 0 spiro atoms. The molecule has 5 aromatic carbocycles. The largest absolute Gasteiger partial charge is 0.392 e. The number of carbonyl (C=O) groups excluding carboxylic acids is 4. The number of hydrogen-bond donors (Lipinski definition) is 4. The van der Waals surface area contributed by atoms with Crippen LogP contribution in [0.25, 0.3) is 0 Å². The summed E-state index contributed by atoms with van der Waals surface area (Å²) in [5.41, 5.74) is 26.9. The molecule has 2 heterocycles. The second-order valence-electron chi connectivity index (χ2n) is 16.2. The number of rotatable bonds is 14. The van der Waals surface area contributed by atoms with Crippen molar-refractivity contribution >= 4 is 92.7 Å². The van der Waals surface area contributed by atoms with Crippen LogP contribution in [0.15, 0.2) is 146 Å². The Bertz CT molecular complexity index is 2440. The summed E-state index contributed by atoms with van der Waals surface area (Å²) in [6.45, 7) is -0.580. The van der Waals surface area contributed by atoms with Crippen LogP contribution in [-0.2, 0) is 58.0 Å². The molecular weight excluding hydrogens is 853 g/mol. The highest BCUT2D eigenvalue weighted by molar-refractivity contribution is 7.81. The first-order chi connectivity index (χ1) is 29.6. The summed E-state index contributed by atoms with van der Waals surface area (Å²) < 4.78 is -2.07. The monoisotopic (exact) mass is 898 g/mol. The molecule has 6 unspecified atom stereocenters. The standard InChI is InChI=1S/C48H44N6O4S4/c49-41(59)47(27-33-18-9-3-10-19-33)37(25-31-14-5-1-6-15-31)39(55)53(43(47)57,45(51)61)29-35-22-13-23-36(24-35)30-54(46(52)62)40(56)38(26-32-16-7-2-8-17-32)48(42(50)60,44(54)58)28-34-20-11-4-12-21-34/h1-24,37-38H,25-30H2,(H6-2,49,50,51,52,59,60,61,62)/p+2. The van der Waals surface area contributed by atoms with Gasteiger partial charge in [-0.05, 0) is 54.0 Å². The van der Waals surface area contributed by atoms with Gasteiger partial charge in [-0.25, -0.2) is 19.2 Å². The Morgan fingerprint density at radius 3 is 1.02 bits per heavy atom. The fraction of sp³-hybridized carbons (Fsp3) is 0.208. The number of amides is 4. The molecule has 0 aliphatic carbocycles. The smallest absolute Gasteiger partial charge is 0.342 e. The average molecular weight is 899 g/mol. The number of carbonyl (C=O) groups is 4. The maximum atomic E-state index is 15.4. The van der Waals surface area contributed by atoms with Gasteiger partial charge in [0.1, 0.15) is 24.9 Å². The number of likely N-dealkylation sites (tertiary alicyclic amines) is 2. The van der Waals surface area contributed by atoms with Crippen molar-refractivity contribution in [2.45, 2.75) is 38.8 Å². The van der Waals surface area contributed by atoms with Crippen LogP contribution < -0.4 is 22.9 Å². The van der Waals surface area contributed by atoms with Crippen molar-refractivity contribution in [1.29, 1.82) is 0 Å². The number of nitrogens with zero attached hydrogens (tertiary/aromatic N) is 2. The normalized spacial score (nSPS) is 25.7. The van der Waals surface area contributed by atoms with Crippen molar-refractivity contribution < 1.29 is 28.1 Å². The van der Waals surface area contributed by atoms with Crippen LogP contribution in [-0.4, -0.2) is 52.8 Å². The topological polar surface area (TPSA) is 172 Å². The third-order valence-corrected chi connectivity index (χ3v) is 14.0. The second kappa shape index (κ2) is 17.6. The SMILES string of the molecule is NC(=S)C1(Cc2ccccc2)C(=O)[N+](Cc2cccc(C[N+]3(C(N)=S)C(=O)C(Cc4ccccc4)C(Cc4ccccc4)(C(N)=S)C3=O)c2)(C(N)=S)C(=O)C1Cc1ccccc1. The van der Waals surface area contributed by atoms with Gasteiger partial charge >= 0.3 is 23.6 Å². The lowest BCUT2D eigenvalue weighted by molar-refractivity contribution is -0.694. The first kappa shape index (κ1) is 44.3. The molecule has 5 aromatic rings. The van der Waals surface area contributed by atoms with Gasteiger partial charge in [0.15, 0.2) is 10.8 Å². The fourth-order valence-electron chi connectivity index (χ4n) is 9.56. The van der Waals surface area contributed by atoms with E-state index in [4.69, 9.17) is 71.8 Å². The minimum Gasteiger partial charge on any atom is -0.392 e. The van der Waals surface area contributed by atoms with Crippen molar-refractivity contribution in [1.82, 2.24) is 0 Å². The molecular formula is C48H46N6O4S4+2. The zero-order valence-corrected chi connectivity index (χ0v) is 37.0. The van der Waals surface area contributed by atoms with Gasteiger partial charge in [-0.3, -0.25) is 0 Å². The summed E-state index contributed by atoms with van der Waals surface area (Å²) in [6.07, 6.45) is 0.385. The minimum atomic E-state index is -1.66. The van der Waals surface area contributed by atoms with Crippen molar-refractivity contribution in [3.8, 4) is 0 Å². The van der Waals surface area contributed by atoms with Gasteiger partial charge in [0, 0.05) is 35.6 Å². The lowest BCUT2D eigenvalue weighted by Crippen LogP contribution is -2.61. The summed E-state index contributed by atoms with van der Waals surface area (Å²) >= 11 is 22.8. The van der Waals surface area contributed by atoms with Crippen LogP contribution >= 0.6 is 48.9 Å². The van der Waals surface area contributed by atoms with Gasteiger partial charge in [0.05, 0.1) is 9.98 Å². The number of hydrogen-bond acceptors (Lipinski definition) is 8. The lowest BCUT2D eigenvalue weighted by atomic mass is 9.70. The summed E-state index contributed by atoms with van der Waals surface area (Å²) in [7, 11) is 0. The van der Waals surface area contributed by atoms with Gasteiger partial charge in [-0.1, -0.05) is 164 Å². The Labute approximate surface area is 382 Å². The predicted molar refractivity (Wildman–Crippen MR) is 254 cm³/mol. The van der Waals surface area contributed by atoms with Crippen molar-refractivity contribution in [3.05, 3.63) is 179 Å². The minimum absolute atomic E-state index is 0.0456. The van der Waals surface area contributed by atoms with E-state index in [0.717, 1.165) is 22.3 Å². The third kappa shape index (κ3) is 7.40. The summed E-state index contributed by atoms with van der Waals surface area (Å²) in [4.78, 5) is 60.8. The van der Waals surface area contributed by atoms with Crippen LogP contribution in [0.3, 0.4) is 0 Å². The molecule has 2 fully saturated rings. The summed E-state index contributed by atoms with van der Waals surface area (Å²) in [5.74, 6) is -4.38. The molecule has 10 nitrogen and oxygen atoms in total. The highest BCUT2D eigenvalue weighted by atomic mass is 32.1. The van der Waals surface area contributed by atoms with Crippen molar-refractivity contribution in [3.63, 3.8) is 0 Å². The Morgan fingerprint density at radius 2 is 0.726 bits per heavy atom. The number of nitrogens with two attached hydrogens (primary N) is 4. The third-order valence-electron chi connectivity index (χ3n) is 12.7. The van der Waals surface area contributed by atoms with Crippen molar-refractivity contribution in [2.75, 3.05) is 0 Å². The molecule has 62 heavy (non-hydrogen) atoms. The average Bonchev–Trinajstić information content (AvgIpc) is 3.55. The molecule has 2 saturated heterocycles. The zero-order valence-electron chi connectivity index (χ0n) is 33.7. The Hall–Kier alpha value is -5.74. The van der Waals surface area contributed by atoms with Crippen LogP contribution in [0.1, 0.15) is 33.4 Å². The van der Waals surface area contributed by atoms with E-state index in [0.29, 0.717) is 11.1 Å². The molecule has 2 aliphatic heterocycles. The van der Waals surface area contributed by atoms with Gasteiger partial charge in [0.2, 0.25) is 0 Å². The van der Waals surface area contributed by atoms with E-state index in [1.807, 2.05) is 121 Å². The summed E-state index contributed by atoms with van der Waals surface area (Å²) in [5, 5.41) is -0.728. The maximum absolute atomic E-state index is 15.4. The molecule has 0 radical (unpaired) electrons. The number of thiocarbonyl (C=S) groups is 4. The molecule has 2 aliphatic rings. The summed E-state index contributed by atoms with van der Waals surface area (Å²) in [6, 6.07) is 44.0. The van der Waals surface area contributed by atoms with Crippen LogP contribution in [0.2, 0.25) is 0 Å². The molecule has 0 bridgehead atoms. The highest BCUT2D eigenvalue weighted by Crippen LogP contribution is 2.50. The number of quaternary nitrogens is 2. The van der Waals surface area contributed by atoms with E-state index in [9.17, 15) is 0 Å². The van der Waals surface area contributed by atoms with Gasteiger partial charge in [-0.15, -0.1) is 8.97 Å². The first-order valence-electron chi connectivity index (χ1n) is 20.0. The number of imide groups is 2. The quantitative estimate of drug-likeness (QED) is 0.0611. The molecule has 0 saturated carbocycles. The fourth-order valence-corrected chi connectivity index (χ4v) is 10.6. The van der Waals surface area contributed by atoms with Crippen LogP contribution in [0, 0.1) is 22.7 Å². The molecule has 4 amide bonds. The maximum Gasteiger partial charge on any atom is 0.342 e. The van der Waals surface area contributed by atoms with Crippen molar-refractivity contribution in [2.24, 2.45) is 45.6 Å². The predicted octanol–water partition coefficient (Wildman–Crippen LogP) is 5.69. The van der Waals surface area contributed by atoms with E-state index >= 15 is 19.2 Å². The van der Waals surface area contributed by atoms with Gasteiger partial charge in [0.25, 0.3) is 10.2 Å². The van der Waals surface area contributed by atoms with E-state index in [1.54, 1.807) is 24.3 Å². The second-order valence-corrected chi connectivity index (χ2v) is 17.9. The van der Waals surface area contributed by atoms with E-state index in [-0.39, 0.29) is 59.0 Å². The zero-order chi connectivity index (χ0) is 44.5. The molecule has 0 aromatic heterocycles. The van der Waals surface area contributed by atoms with E-state index < -0.39 is 55.3 Å². The highest BCUT2D eigenvalue weighted by Gasteiger charge is 2.74. The first-order valence-corrected chi connectivity index (χ1v) is 21.7. The molecule has 6 atom stereocenters. The molecule has 314 valence electrons.